The van der Waals surface area contributed by atoms with E-state index < -0.39 is 5.97 Å². The summed E-state index contributed by atoms with van der Waals surface area (Å²) in [6, 6.07) is 15.8. The number of carbonyl (C=O) groups is 1. The average Bonchev–Trinajstić information content (AvgIpc) is 3.41. The van der Waals surface area contributed by atoms with E-state index in [0.717, 1.165) is 35.1 Å². The zero-order valence-corrected chi connectivity index (χ0v) is 18.9. The molecule has 0 unspecified atom stereocenters. The Balaban J connectivity index is 0.00000289. The fraction of sp³-hybridized carbons (Fsp3) is 0.227. The van der Waals surface area contributed by atoms with Gasteiger partial charge in [-0.15, -0.1) is 22.6 Å². The second-order valence-electron chi connectivity index (χ2n) is 7.14. The molecule has 166 valence electrons. The highest BCUT2D eigenvalue weighted by atomic mass is 35.5. The van der Waals surface area contributed by atoms with Crippen LogP contribution in [-0.4, -0.2) is 41.3 Å². The zero-order chi connectivity index (χ0) is 21.8. The molecule has 0 amide bonds. The van der Waals surface area contributed by atoms with E-state index in [1.54, 1.807) is 4.57 Å². The van der Waals surface area contributed by atoms with Crippen molar-refractivity contribution in [3.05, 3.63) is 70.8 Å². The van der Waals surface area contributed by atoms with Crippen molar-refractivity contribution in [1.82, 2.24) is 30.2 Å². The van der Waals surface area contributed by atoms with Crippen LogP contribution in [0.1, 0.15) is 41.6 Å². The first-order valence-electron chi connectivity index (χ1n) is 9.98. The van der Waals surface area contributed by atoms with Gasteiger partial charge in [0.1, 0.15) is 5.82 Å². The van der Waals surface area contributed by atoms with Gasteiger partial charge < -0.3 is 9.67 Å². The van der Waals surface area contributed by atoms with Gasteiger partial charge in [0.25, 0.3) is 0 Å². The molecule has 2 N–H and O–H groups in total. The molecule has 8 nitrogen and oxygen atoms in total. The van der Waals surface area contributed by atoms with Crippen molar-refractivity contribution < 1.29 is 9.90 Å². The van der Waals surface area contributed by atoms with E-state index in [-0.39, 0.29) is 23.3 Å². The van der Waals surface area contributed by atoms with Crippen LogP contribution in [0, 0.1) is 0 Å². The SMILES string of the molecule is CCCCc1nc(Cl)c(C(=O)O)n1Cc1ccc(-c2ccccc2-c2nn[nH]n2)cc1.Cl. The maximum Gasteiger partial charge on any atom is 0.355 e. The lowest BCUT2D eigenvalue weighted by Crippen LogP contribution is -2.13. The third-order valence-corrected chi connectivity index (χ3v) is 5.34. The van der Waals surface area contributed by atoms with Gasteiger partial charge in [-0.2, -0.15) is 5.21 Å². The van der Waals surface area contributed by atoms with E-state index in [0.29, 0.717) is 24.6 Å². The third kappa shape index (κ3) is 4.81. The van der Waals surface area contributed by atoms with Crippen molar-refractivity contribution in [2.45, 2.75) is 32.7 Å². The van der Waals surface area contributed by atoms with E-state index in [9.17, 15) is 9.90 Å². The Kier molecular flexibility index (Phi) is 7.61. The second-order valence-corrected chi connectivity index (χ2v) is 7.50. The van der Waals surface area contributed by atoms with Gasteiger partial charge in [0.05, 0.1) is 0 Å². The minimum Gasteiger partial charge on any atom is -0.476 e. The molecular formula is C22H22Cl2N6O2. The summed E-state index contributed by atoms with van der Waals surface area (Å²) in [6.45, 7) is 2.46. The van der Waals surface area contributed by atoms with E-state index in [2.05, 4.69) is 32.5 Å². The normalized spacial score (nSPS) is 10.7. The van der Waals surface area contributed by atoms with Gasteiger partial charge in [0, 0.05) is 18.5 Å². The number of hydrogen-bond donors (Lipinski definition) is 2. The molecular weight excluding hydrogens is 451 g/mol. The van der Waals surface area contributed by atoms with Crippen LogP contribution in [0.3, 0.4) is 0 Å². The fourth-order valence-corrected chi connectivity index (χ4v) is 3.83. The predicted molar refractivity (Wildman–Crippen MR) is 124 cm³/mol. The molecule has 0 aliphatic heterocycles. The Hall–Kier alpha value is -3.23. The van der Waals surface area contributed by atoms with Gasteiger partial charge in [-0.1, -0.05) is 73.5 Å². The van der Waals surface area contributed by atoms with Crippen LogP contribution in [0.2, 0.25) is 5.15 Å². The van der Waals surface area contributed by atoms with Crippen molar-refractivity contribution in [2.24, 2.45) is 0 Å². The summed E-state index contributed by atoms with van der Waals surface area (Å²) in [5.74, 6) is 0.140. The first kappa shape index (κ1) is 23.4. The number of unbranched alkanes of at least 4 members (excludes halogenated alkanes) is 1. The number of imidazole rings is 1. The molecule has 0 aliphatic carbocycles. The largest absolute Gasteiger partial charge is 0.476 e. The van der Waals surface area contributed by atoms with Crippen LogP contribution in [0.15, 0.2) is 48.5 Å². The highest BCUT2D eigenvalue weighted by molar-refractivity contribution is 6.32. The molecule has 0 aliphatic rings. The monoisotopic (exact) mass is 472 g/mol. The van der Waals surface area contributed by atoms with Crippen molar-refractivity contribution >= 4 is 30.0 Å². The fourth-order valence-electron chi connectivity index (χ4n) is 3.54. The maximum atomic E-state index is 11.7. The molecule has 4 aromatic rings. The smallest absolute Gasteiger partial charge is 0.355 e. The van der Waals surface area contributed by atoms with Gasteiger partial charge in [-0.3, -0.25) is 0 Å². The second kappa shape index (κ2) is 10.4. The van der Waals surface area contributed by atoms with Crippen LogP contribution < -0.4 is 0 Å². The number of aromatic carboxylic acids is 1. The molecule has 32 heavy (non-hydrogen) atoms. The molecule has 2 aromatic carbocycles. The minimum absolute atomic E-state index is 0. The summed E-state index contributed by atoms with van der Waals surface area (Å²) in [7, 11) is 0. The van der Waals surface area contributed by atoms with Crippen LogP contribution in [0.4, 0.5) is 0 Å². The van der Waals surface area contributed by atoms with Crippen molar-refractivity contribution in [1.29, 1.82) is 0 Å². The van der Waals surface area contributed by atoms with Crippen LogP contribution >= 0.6 is 24.0 Å². The zero-order valence-electron chi connectivity index (χ0n) is 17.3. The number of rotatable bonds is 8. The summed E-state index contributed by atoms with van der Waals surface area (Å²) < 4.78 is 1.70. The van der Waals surface area contributed by atoms with Crippen molar-refractivity contribution in [3.8, 4) is 22.5 Å². The number of nitrogens with one attached hydrogen (secondary N) is 1. The summed E-state index contributed by atoms with van der Waals surface area (Å²) in [5, 5.41) is 23.9. The number of carboxylic acid groups (broad SMARTS) is 1. The van der Waals surface area contributed by atoms with Crippen LogP contribution in [0.25, 0.3) is 22.5 Å². The number of aromatic amines is 1. The molecule has 0 atom stereocenters. The molecule has 2 aromatic heterocycles. The number of aromatic nitrogens is 6. The summed E-state index contributed by atoms with van der Waals surface area (Å²) in [4.78, 5) is 16.0. The molecule has 0 saturated carbocycles. The standard InChI is InChI=1S/C22H21ClN6O2.ClH/c1-2-3-8-18-24-20(23)19(22(30)31)29(18)13-14-9-11-15(12-10-14)16-6-4-5-7-17(16)21-25-27-28-26-21;/h4-7,9-12H,2-3,8,13H2,1H3,(H,30,31)(H,25,26,27,28);1H. The van der Waals surface area contributed by atoms with E-state index >= 15 is 0 Å². The highest BCUT2D eigenvalue weighted by Gasteiger charge is 2.21. The molecule has 4 rings (SSSR count). The summed E-state index contributed by atoms with van der Waals surface area (Å²) >= 11 is 6.13. The highest BCUT2D eigenvalue weighted by Crippen LogP contribution is 2.30. The molecule has 0 bridgehead atoms. The summed E-state index contributed by atoms with van der Waals surface area (Å²) in [5.41, 5.74) is 3.84. The van der Waals surface area contributed by atoms with E-state index in [1.807, 2.05) is 48.5 Å². The first-order valence-corrected chi connectivity index (χ1v) is 10.4. The number of nitrogens with zero attached hydrogens (tertiary/aromatic N) is 5. The molecule has 0 fully saturated rings. The van der Waals surface area contributed by atoms with Crippen molar-refractivity contribution in [2.75, 3.05) is 0 Å². The van der Waals surface area contributed by atoms with Gasteiger partial charge in [0.15, 0.2) is 10.8 Å². The maximum absolute atomic E-state index is 11.7. The summed E-state index contributed by atoms with van der Waals surface area (Å²) in [6.07, 6.45) is 2.58. The Morgan fingerprint density at radius 1 is 1.12 bits per heavy atom. The number of H-pyrrole nitrogens is 1. The van der Waals surface area contributed by atoms with Crippen LogP contribution in [0.5, 0.6) is 0 Å². The van der Waals surface area contributed by atoms with Gasteiger partial charge in [0.2, 0.25) is 5.82 Å². The number of benzene rings is 2. The lowest BCUT2D eigenvalue weighted by atomic mass is 9.98. The van der Waals surface area contributed by atoms with Crippen LogP contribution in [-0.2, 0) is 13.0 Å². The quantitative estimate of drug-likeness (QED) is 0.377. The van der Waals surface area contributed by atoms with E-state index in [4.69, 9.17) is 11.6 Å². The number of hydrogen-bond acceptors (Lipinski definition) is 5. The lowest BCUT2D eigenvalue weighted by molar-refractivity contribution is 0.0685. The number of halogens is 2. The molecule has 2 heterocycles. The first-order chi connectivity index (χ1) is 15.1. The lowest BCUT2D eigenvalue weighted by Gasteiger charge is -2.12. The average molecular weight is 473 g/mol. The Morgan fingerprint density at radius 3 is 2.47 bits per heavy atom. The minimum atomic E-state index is -1.08. The Bertz CT molecular complexity index is 1190. The Labute approximate surface area is 196 Å². The van der Waals surface area contributed by atoms with Gasteiger partial charge in [-0.05, 0) is 28.3 Å². The van der Waals surface area contributed by atoms with Gasteiger partial charge in [-0.25, -0.2) is 9.78 Å². The topological polar surface area (TPSA) is 110 Å². The molecule has 0 spiro atoms. The van der Waals surface area contributed by atoms with E-state index in [1.165, 1.54) is 0 Å². The molecule has 0 saturated heterocycles. The number of aryl methyl sites for hydroxylation is 1. The molecule has 10 heteroatoms. The number of tetrazole rings is 1. The van der Waals surface area contributed by atoms with Gasteiger partial charge >= 0.3 is 5.97 Å². The third-order valence-electron chi connectivity index (χ3n) is 5.08. The number of carboxylic acids is 1. The predicted octanol–water partition coefficient (Wildman–Crippen LogP) is 4.89. The molecule has 0 radical (unpaired) electrons. The Morgan fingerprint density at radius 2 is 1.84 bits per heavy atom. The van der Waals surface area contributed by atoms with Crippen molar-refractivity contribution in [3.63, 3.8) is 0 Å².